The Morgan fingerprint density at radius 1 is 1.31 bits per heavy atom. The minimum atomic E-state index is -0.235. The third-order valence-electron chi connectivity index (χ3n) is 5.35. The summed E-state index contributed by atoms with van der Waals surface area (Å²) in [4.78, 5) is 7.01. The van der Waals surface area contributed by atoms with Gasteiger partial charge in [-0.15, -0.1) is 0 Å². The Morgan fingerprint density at radius 2 is 2.10 bits per heavy atom. The van der Waals surface area contributed by atoms with Gasteiger partial charge in [-0.05, 0) is 51.5 Å². The predicted molar refractivity (Wildman–Crippen MR) is 113 cm³/mol. The summed E-state index contributed by atoms with van der Waals surface area (Å²) in [5, 5.41) is 7.70. The Hall–Kier alpha value is -3.09. The molecule has 152 valence electrons. The third-order valence-corrected chi connectivity index (χ3v) is 5.35. The van der Waals surface area contributed by atoms with Gasteiger partial charge in [-0.2, -0.15) is 5.10 Å². The number of anilines is 1. The number of halogens is 1. The van der Waals surface area contributed by atoms with Crippen molar-refractivity contribution in [2.45, 2.75) is 46.4 Å². The highest BCUT2D eigenvalue weighted by Crippen LogP contribution is 2.30. The monoisotopic (exact) mass is 395 g/mol. The van der Waals surface area contributed by atoms with E-state index in [0.29, 0.717) is 24.4 Å². The molecule has 6 nitrogen and oxygen atoms in total. The van der Waals surface area contributed by atoms with Crippen LogP contribution in [0.25, 0.3) is 11.3 Å². The lowest BCUT2D eigenvalue weighted by molar-refractivity contribution is 0.220. The molecule has 2 aromatic heterocycles. The molecule has 1 aromatic carbocycles. The number of fused-ring (bicyclic) bond motifs is 2. The molecule has 0 unspecified atom stereocenters. The molecule has 0 fully saturated rings. The summed E-state index contributed by atoms with van der Waals surface area (Å²) >= 11 is 0. The highest BCUT2D eigenvalue weighted by molar-refractivity contribution is 5.74. The first kappa shape index (κ1) is 19.2. The zero-order valence-electron chi connectivity index (χ0n) is 17.2. The van der Waals surface area contributed by atoms with Gasteiger partial charge >= 0.3 is 0 Å². The first-order valence-corrected chi connectivity index (χ1v) is 9.84. The van der Waals surface area contributed by atoms with Crippen LogP contribution in [0.1, 0.15) is 37.5 Å². The van der Waals surface area contributed by atoms with Crippen molar-refractivity contribution in [3.8, 4) is 5.75 Å². The van der Waals surface area contributed by atoms with Gasteiger partial charge in [-0.1, -0.05) is 6.58 Å². The molecular weight excluding hydrogens is 369 g/mol. The number of aromatic nitrogens is 3. The Balaban J connectivity index is 1.90. The molecule has 29 heavy (non-hydrogen) atoms. The zero-order chi connectivity index (χ0) is 20.7. The molecule has 2 bridgehead atoms. The van der Waals surface area contributed by atoms with Crippen LogP contribution in [0, 0.1) is 12.7 Å². The number of hydrogen-bond donors (Lipinski definition) is 1. The maximum absolute atomic E-state index is 14.4. The van der Waals surface area contributed by atoms with Gasteiger partial charge in [0, 0.05) is 30.0 Å². The summed E-state index contributed by atoms with van der Waals surface area (Å²) in [7, 11) is 0. The van der Waals surface area contributed by atoms with Crippen molar-refractivity contribution in [2.75, 3.05) is 11.4 Å². The molecule has 1 aliphatic rings. The van der Waals surface area contributed by atoms with Crippen molar-refractivity contribution in [1.82, 2.24) is 19.9 Å². The van der Waals surface area contributed by atoms with E-state index in [2.05, 4.69) is 35.7 Å². The van der Waals surface area contributed by atoms with Gasteiger partial charge in [-0.3, -0.25) is 0 Å². The first-order valence-electron chi connectivity index (χ1n) is 9.84. The molecule has 4 rings (SSSR count). The normalized spacial score (nSPS) is 17.4. The van der Waals surface area contributed by atoms with E-state index in [9.17, 15) is 4.39 Å². The van der Waals surface area contributed by atoms with Gasteiger partial charge in [0.2, 0.25) is 0 Å². The number of rotatable bonds is 1. The van der Waals surface area contributed by atoms with E-state index in [1.54, 1.807) is 23.7 Å². The van der Waals surface area contributed by atoms with E-state index in [1.165, 1.54) is 6.07 Å². The Morgan fingerprint density at radius 3 is 2.86 bits per heavy atom. The Labute approximate surface area is 170 Å². The Bertz CT molecular complexity index is 1070. The summed E-state index contributed by atoms with van der Waals surface area (Å²) in [6, 6.07) is 5.26. The number of nitrogens with zero attached hydrogens (tertiary/aromatic N) is 4. The second-order valence-electron chi connectivity index (χ2n) is 7.77. The number of hydrogen-bond acceptors (Lipinski definition) is 5. The van der Waals surface area contributed by atoms with Gasteiger partial charge < -0.3 is 15.0 Å². The van der Waals surface area contributed by atoms with Crippen LogP contribution in [0.3, 0.4) is 0 Å². The lowest BCUT2D eigenvalue weighted by Crippen LogP contribution is -2.32. The number of ether oxygens (including phenoxy) is 1. The molecule has 1 N–H and O–H groups in total. The van der Waals surface area contributed by atoms with Crippen LogP contribution in [0.2, 0.25) is 0 Å². The minimum absolute atomic E-state index is 0.134. The fourth-order valence-electron chi connectivity index (χ4n) is 3.56. The van der Waals surface area contributed by atoms with Gasteiger partial charge in [-0.25, -0.2) is 13.9 Å². The molecule has 0 saturated heterocycles. The van der Waals surface area contributed by atoms with Gasteiger partial charge in [0.15, 0.2) is 5.65 Å². The second kappa shape index (κ2) is 7.39. The standard InChI is InChI=1S/C22H26FN5O/c1-13(2)27-12-18-15(4)19(23)6-7-20(18)29-14(3)10-24-16(5)17-11-25-28-9-8-21(27)26-22(17)28/h6-9,11,13-14,24H,5,10,12H2,1-4H3/t14-/m0/s1. The summed E-state index contributed by atoms with van der Waals surface area (Å²) in [6.45, 7) is 13.2. The van der Waals surface area contributed by atoms with Gasteiger partial charge in [0.25, 0.3) is 0 Å². The summed E-state index contributed by atoms with van der Waals surface area (Å²) < 4.78 is 22.3. The van der Waals surface area contributed by atoms with E-state index in [4.69, 9.17) is 9.72 Å². The second-order valence-corrected chi connectivity index (χ2v) is 7.77. The van der Waals surface area contributed by atoms with Crippen LogP contribution in [0.15, 0.2) is 37.2 Å². The number of nitrogens with one attached hydrogen (secondary N) is 1. The molecule has 3 heterocycles. The van der Waals surface area contributed by atoms with Crippen LogP contribution in [0.5, 0.6) is 5.75 Å². The number of benzene rings is 1. The fourth-order valence-corrected chi connectivity index (χ4v) is 3.56. The Kier molecular flexibility index (Phi) is 4.90. The van der Waals surface area contributed by atoms with Crippen LogP contribution in [0.4, 0.5) is 10.2 Å². The van der Waals surface area contributed by atoms with E-state index in [-0.39, 0.29) is 18.0 Å². The molecule has 7 heteroatoms. The first-order chi connectivity index (χ1) is 13.8. The topological polar surface area (TPSA) is 54.7 Å². The van der Waals surface area contributed by atoms with E-state index >= 15 is 0 Å². The smallest absolute Gasteiger partial charge is 0.166 e. The SMILES string of the molecule is C=C1NC[C@H](C)Oc2ccc(F)c(C)c2CN(C(C)C)c2ccn3ncc1c3n2. The molecule has 0 spiro atoms. The molecule has 3 aromatic rings. The molecule has 0 aliphatic carbocycles. The lowest BCUT2D eigenvalue weighted by Gasteiger charge is -2.30. The van der Waals surface area contributed by atoms with Crippen molar-refractivity contribution in [2.24, 2.45) is 0 Å². The molecule has 1 atom stereocenters. The highest BCUT2D eigenvalue weighted by atomic mass is 19.1. The van der Waals surface area contributed by atoms with E-state index in [0.717, 1.165) is 28.3 Å². The van der Waals surface area contributed by atoms with Crippen molar-refractivity contribution >= 4 is 17.2 Å². The average Bonchev–Trinajstić information content (AvgIpc) is 3.11. The maximum atomic E-state index is 14.4. The molecule has 0 saturated carbocycles. The van der Waals surface area contributed by atoms with Gasteiger partial charge in [0.05, 0.1) is 18.3 Å². The fraction of sp³-hybridized carbons (Fsp3) is 0.364. The van der Waals surface area contributed by atoms with Crippen LogP contribution < -0.4 is 15.0 Å². The summed E-state index contributed by atoms with van der Waals surface area (Å²) in [6.07, 6.45) is 3.52. The minimum Gasteiger partial charge on any atom is -0.489 e. The quantitative estimate of drug-likeness (QED) is 0.677. The zero-order valence-corrected chi connectivity index (χ0v) is 17.2. The van der Waals surface area contributed by atoms with E-state index < -0.39 is 0 Å². The summed E-state index contributed by atoms with van der Waals surface area (Å²) in [5.41, 5.74) is 3.75. The molecular formula is C22H26FN5O. The van der Waals surface area contributed by atoms with Crippen LogP contribution in [-0.4, -0.2) is 33.3 Å². The van der Waals surface area contributed by atoms with Crippen molar-refractivity contribution in [3.63, 3.8) is 0 Å². The predicted octanol–water partition coefficient (Wildman–Crippen LogP) is 3.93. The molecule has 0 radical (unpaired) electrons. The third kappa shape index (κ3) is 3.52. The largest absolute Gasteiger partial charge is 0.489 e. The van der Waals surface area contributed by atoms with Gasteiger partial charge in [0.1, 0.15) is 23.5 Å². The highest BCUT2D eigenvalue weighted by Gasteiger charge is 2.22. The summed E-state index contributed by atoms with van der Waals surface area (Å²) in [5.74, 6) is 1.25. The maximum Gasteiger partial charge on any atom is 0.166 e. The van der Waals surface area contributed by atoms with Crippen molar-refractivity contribution in [3.05, 3.63) is 59.7 Å². The van der Waals surface area contributed by atoms with Crippen molar-refractivity contribution in [1.29, 1.82) is 0 Å². The molecule has 1 aliphatic heterocycles. The van der Waals surface area contributed by atoms with Crippen LogP contribution >= 0.6 is 0 Å². The lowest BCUT2D eigenvalue weighted by atomic mass is 10.1. The van der Waals surface area contributed by atoms with E-state index in [1.807, 2.05) is 19.2 Å². The van der Waals surface area contributed by atoms with Crippen molar-refractivity contribution < 1.29 is 9.13 Å². The molecule has 0 amide bonds. The van der Waals surface area contributed by atoms with Crippen LogP contribution in [-0.2, 0) is 6.54 Å². The average molecular weight is 395 g/mol.